The van der Waals surface area contributed by atoms with Gasteiger partial charge >= 0.3 is 0 Å². The number of nitrogens with zero attached hydrogens (tertiary/aromatic N) is 1. The summed E-state index contributed by atoms with van der Waals surface area (Å²) in [6, 6.07) is 0. The molecule has 0 saturated carbocycles. The fourth-order valence-corrected chi connectivity index (χ4v) is 4.43. The van der Waals surface area contributed by atoms with Crippen molar-refractivity contribution < 1.29 is 24.1 Å². The zero-order valence-corrected chi connectivity index (χ0v) is 16.5. The Bertz CT molecular complexity index is 538. The van der Waals surface area contributed by atoms with E-state index in [4.69, 9.17) is 18.9 Å². The van der Waals surface area contributed by atoms with Crippen LogP contribution in [0.3, 0.4) is 0 Å². The van der Waals surface area contributed by atoms with Crippen molar-refractivity contribution >= 4 is 33.9 Å². The van der Waals surface area contributed by atoms with Crippen LogP contribution < -0.4 is 0 Å². The van der Waals surface area contributed by atoms with Crippen LogP contribution in [0.1, 0.15) is 38.8 Å². The minimum atomic E-state index is -0.857. The molecule has 1 aromatic rings. The first kappa shape index (κ1) is 18.0. The van der Waals surface area contributed by atoms with Crippen LogP contribution >= 0.6 is 33.9 Å². The molecule has 3 heterocycles. The maximum Gasteiger partial charge on any atom is 0.164 e. The number of aliphatic hydroxyl groups is 1. The van der Waals surface area contributed by atoms with Gasteiger partial charge < -0.3 is 24.1 Å². The van der Waals surface area contributed by atoms with Gasteiger partial charge in [0.25, 0.3) is 0 Å². The topological polar surface area (TPSA) is 70.0 Å². The third-order valence-electron chi connectivity index (χ3n) is 3.88. The van der Waals surface area contributed by atoms with Crippen LogP contribution in [-0.2, 0) is 18.9 Å². The molecule has 0 spiro atoms. The lowest BCUT2D eigenvalue weighted by atomic mass is 10.0. The van der Waals surface area contributed by atoms with Gasteiger partial charge in [-0.05, 0) is 27.7 Å². The van der Waals surface area contributed by atoms with E-state index < -0.39 is 29.9 Å². The Kier molecular flexibility index (Phi) is 5.05. The van der Waals surface area contributed by atoms with Gasteiger partial charge in [0.05, 0.1) is 6.10 Å². The summed E-state index contributed by atoms with van der Waals surface area (Å²) < 4.78 is 24.8. The van der Waals surface area contributed by atoms with Crippen LogP contribution in [0, 0.1) is 0 Å². The molecular formula is C15H22INO5S. The Morgan fingerprint density at radius 2 is 1.83 bits per heavy atom. The molecule has 1 aromatic heterocycles. The Balaban J connectivity index is 1.86. The van der Waals surface area contributed by atoms with Gasteiger partial charge in [0.1, 0.15) is 29.4 Å². The van der Waals surface area contributed by atoms with Crippen molar-refractivity contribution in [2.24, 2.45) is 0 Å². The van der Waals surface area contributed by atoms with Crippen LogP contribution in [0.5, 0.6) is 0 Å². The fourth-order valence-electron chi connectivity index (χ4n) is 3.10. The van der Waals surface area contributed by atoms with Crippen LogP contribution in [0.4, 0.5) is 0 Å². The quantitative estimate of drug-likeness (QED) is 0.556. The lowest BCUT2D eigenvalue weighted by Crippen LogP contribution is -2.44. The molecule has 2 saturated heterocycles. The van der Waals surface area contributed by atoms with Crippen LogP contribution in [0.25, 0.3) is 0 Å². The van der Waals surface area contributed by atoms with E-state index in [0.29, 0.717) is 5.01 Å². The van der Waals surface area contributed by atoms with Gasteiger partial charge in [-0.1, -0.05) is 22.6 Å². The summed E-state index contributed by atoms with van der Waals surface area (Å²) in [6.45, 7) is 7.46. The Labute approximate surface area is 153 Å². The average Bonchev–Trinajstić information content (AvgIpc) is 3.14. The first-order chi connectivity index (χ1) is 10.7. The normalized spacial score (nSPS) is 37.1. The largest absolute Gasteiger partial charge is 0.383 e. The first-order valence-electron chi connectivity index (χ1n) is 7.57. The van der Waals surface area contributed by atoms with E-state index in [0.717, 1.165) is 4.43 Å². The molecule has 0 unspecified atom stereocenters. The first-order valence-corrected chi connectivity index (χ1v) is 9.98. The standard InChI is InChI=1S/C15H22INO5S/c1-14(2)19-8(7-16)10(20-14)12-11(21-15(3,4)22-12)9(18)13-17-5-6-23-13/h5-6,8-12,18H,7H2,1-4H3/t8-,9-,10-,11+,12+/m0/s1. The predicted octanol–water partition coefficient (Wildman–Crippen LogP) is 2.65. The minimum absolute atomic E-state index is 0.112. The summed E-state index contributed by atoms with van der Waals surface area (Å²) in [5, 5.41) is 13.2. The maximum absolute atomic E-state index is 10.7. The molecule has 8 heteroatoms. The summed E-state index contributed by atoms with van der Waals surface area (Å²) in [6.07, 6.45) is -0.577. The molecule has 0 aliphatic carbocycles. The number of rotatable bonds is 4. The van der Waals surface area contributed by atoms with Crippen molar-refractivity contribution in [3.05, 3.63) is 16.6 Å². The molecular weight excluding hydrogens is 433 g/mol. The lowest BCUT2D eigenvalue weighted by molar-refractivity contribution is -0.175. The zero-order valence-electron chi connectivity index (χ0n) is 13.6. The smallest absolute Gasteiger partial charge is 0.164 e. The molecule has 2 aliphatic heterocycles. The van der Waals surface area contributed by atoms with Crippen molar-refractivity contribution in [3.63, 3.8) is 0 Å². The lowest BCUT2D eigenvalue weighted by Gasteiger charge is -2.27. The summed E-state index contributed by atoms with van der Waals surface area (Å²) in [5.41, 5.74) is 0. The summed E-state index contributed by atoms with van der Waals surface area (Å²) in [4.78, 5) is 4.20. The summed E-state index contributed by atoms with van der Waals surface area (Å²) in [5.74, 6) is -1.47. The Hall–Kier alpha value is 0.160. The van der Waals surface area contributed by atoms with Crippen molar-refractivity contribution in [2.45, 2.75) is 69.8 Å². The predicted molar refractivity (Wildman–Crippen MR) is 93.6 cm³/mol. The van der Waals surface area contributed by atoms with E-state index in [2.05, 4.69) is 27.6 Å². The van der Waals surface area contributed by atoms with Crippen molar-refractivity contribution in [1.29, 1.82) is 0 Å². The van der Waals surface area contributed by atoms with Crippen molar-refractivity contribution in [1.82, 2.24) is 4.98 Å². The van der Waals surface area contributed by atoms with E-state index in [1.54, 1.807) is 6.20 Å². The van der Waals surface area contributed by atoms with Crippen LogP contribution in [0.15, 0.2) is 11.6 Å². The number of hydrogen-bond acceptors (Lipinski definition) is 7. The second-order valence-corrected chi connectivity index (χ2v) is 8.48. The highest BCUT2D eigenvalue weighted by atomic mass is 127. The third-order valence-corrected chi connectivity index (χ3v) is 5.59. The molecule has 0 amide bonds. The van der Waals surface area contributed by atoms with Gasteiger partial charge in [0.2, 0.25) is 0 Å². The van der Waals surface area contributed by atoms with Gasteiger partial charge in [-0.2, -0.15) is 0 Å². The molecule has 3 rings (SSSR count). The molecule has 130 valence electrons. The number of hydrogen-bond donors (Lipinski definition) is 1. The van der Waals surface area contributed by atoms with E-state index in [1.807, 2.05) is 33.1 Å². The SMILES string of the molecule is CC1(C)O[C@H]([C@H]2OC(C)(C)O[C@H]2CI)[C@@H]([C@H](O)c2nccs2)O1. The number of thiazole rings is 1. The number of aliphatic hydroxyl groups excluding tert-OH is 1. The number of ether oxygens (including phenoxy) is 4. The van der Waals surface area contributed by atoms with E-state index in [9.17, 15) is 5.11 Å². The van der Waals surface area contributed by atoms with Gasteiger partial charge in [0, 0.05) is 16.0 Å². The van der Waals surface area contributed by atoms with E-state index in [1.165, 1.54) is 11.3 Å². The second-order valence-electron chi connectivity index (χ2n) is 6.67. The van der Waals surface area contributed by atoms with Crippen LogP contribution in [-0.4, -0.2) is 50.5 Å². The molecule has 2 fully saturated rings. The number of halogens is 1. The number of alkyl halides is 1. The Morgan fingerprint density at radius 1 is 1.17 bits per heavy atom. The monoisotopic (exact) mass is 455 g/mol. The molecule has 5 atom stereocenters. The summed E-state index contributed by atoms with van der Waals surface area (Å²) in [7, 11) is 0. The molecule has 2 aliphatic rings. The molecule has 0 bridgehead atoms. The molecule has 6 nitrogen and oxygen atoms in total. The molecule has 23 heavy (non-hydrogen) atoms. The van der Waals surface area contributed by atoms with Gasteiger partial charge in [-0.3, -0.25) is 0 Å². The molecule has 0 radical (unpaired) electrons. The second kappa shape index (κ2) is 6.47. The van der Waals surface area contributed by atoms with Gasteiger partial charge in [0.15, 0.2) is 11.6 Å². The molecule has 1 N–H and O–H groups in total. The highest BCUT2D eigenvalue weighted by molar-refractivity contribution is 14.1. The highest BCUT2D eigenvalue weighted by Crippen LogP contribution is 2.42. The van der Waals surface area contributed by atoms with E-state index >= 15 is 0 Å². The van der Waals surface area contributed by atoms with Gasteiger partial charge in [-0.25, -0.2) is 4.98 Å². The fraction of sp³-hybridized carbons (Fsp3) is 0.800. The van der Waals surface area contributed by atoms with Crippen molar-refractivity contribution in [3.8, 4) is 0 Å². The number of aromatic nitrogens is 1. The van der Waals surface area contributed by atoms with Crippen molar-refractivity contribution in [2.75, 3.05) is 4.43 Å². The molecule has 0 aromatic carbocycles. The third kappa shape index (κ3) is 3.73. The zero-order chi connectivity index (χ0) is 16.8. The Morgan fingerprint density at radius 3 is 2.43 bits per heavy atom. The van der Waals surface area contributed by atoms with E-state index in [-0.39, 0.29) is 12.2 Å². The minimum Gasteiger partial charge on any atom is -0.383 e. The van der Waals surface area contributed by atoms with Crippen LogP contribution in [0.2, 0.25) is 0 Å². The van der Waals surface area contributed by atoms with Gasteiger partial charge in [-0.15, -0.1) is 11.3 Å². The summed E-state index contributed by atoms with van der Waals surface area (Å²) >= 11 is 3.68. The highest BCUT2D eigenvalue weighted by Gasteiger charge is 2.55. The maximum atomic E-state index is 10.7. The average molecular weight is 455 g/mol.